The van der Waals surface area contributed by atoms with Gasteiger partial charge in [0.05, 0.1) is 121 Å². The van der Waals surface area contributed by atoms with E-state index < -0.39 is 217 Å². The maximum Gasteiger partial charge on any atom is 0.397 e. The number of carbonyl (C=O) groups is 3. The average Bonchev–Trinajstić information content (AvgIpc) is 1.50. The Balaban J connectivity index is 0.000000438. The first-order valence-corrected chi connectivity index (χ1v) is 42.5. The number of nitrogens with two attached hydrogens (primary N) is 1. The molecule has 1 saturated carbocycles. The number of likely N-dealkylation sites (N-methyl/N-ethyl adjacent to an activating group) is 2. The van der Waals surface area contributed by atoms with Crippen molar-refractivity contribution < 1.29 is 210 Å². The maximum atomic E-state index is 13.9. The molecule has 41 nitrogen and oxygen atoms in total. The third-order valence-corrected chi connectivity index (χ3v) is 24.0. The molecule has 2 aliphatic carbocycles. The number of halogens is 2. The zero-order valence-electron chi connectivity index (χ0n) is 67.9. The Morgan fingerprint density at radius 2 is 1.31 bits per heavy atom. The fraction of sp³-hybridized carbons (Fsp3) is 0.730. The van der Waals surface area contributed by atoms with Gasteiger partial charge in [-0.15, -0.1) is 0 Å². The molecule has 2 aromatic rings. The molecule has 6 heterocycles. The van der Waals surface area contributed by atoms with Crippen LogP contribution in [0.4, 0.5) is 5.69 Å². The van der Waals surface area contributed by atoms with Gasteiger partial charge in [-0.3, -0.25) is 23.3 Å². The second-order valence-corrected chi connectivity index (χ2v) is 32.5. The van der Waals surface area contributed by atoms with Gasteiger partial charge in [0.1, 0.15) is 104 Å². The summed E-state index contributed by atoms with van der Waals surface area (Å²) in [5, 5.41) is 113. The number of phenols is 1. The van der Waals surface area contributed by atoms with E-state index in [1.807, 2.05) is 14.0 Å². The number of hydrogen-bond acceptors (Lipinski definition) is 35. The second kappa shape index (κ2) is 45.1. The second-order valence-electron chi connectivity index (χ2n) is 30.0. The van der Waals surface area contributed by atoms with E-state index in [0.29, 0.717) is 29.9 Å². The van der Waals surface area contributed by atoms with Crippen molar-refractivity contribution in [2.45, 2.75) is 208 Å². The number of allylic oxidation sites excluding steroid dienone is 2. The Labute approximate surface area is 713 Å². The number of phenolic OH excluding ortho intramolecular Hbond substituents is 1. The van der Waals surface area contributed by atoms with Crippen molar-refractivity contribution in [1.29, 1.82) is 0 Å². The first-order valence-electron chi connectivity index (χ1n) is 39.3. The highest BCUT2D eigenvalue weighted by Gasteiger charge is 2.60. The molecule has 6 aliphatic heterocycles. The van der Waals surface area contributed by atoms with Crippen LogP contribution in [0.5, 0.6) is 11.5 Å². The first kappa shape index (κ1) is 102. The zero-order chi connectivity index (χ0) is 86.6. The summed E-state index contributed by atoms with van der Waals surface area (Å²) in [6, 6.07) is 8.04. The van der Waals surface area contributed by atoms with Crippen molar-refractivity contribution in [1.82, 2.24) is 0 Å². The number of aliphatic hydroxyl groups excluding tert-OH is 8. The molecule has 28 atom stereocenters. The van der Waals surface area contributed by atoms with Gasteiger partial charge in [0, 0.05) is 61.1 Å². The number of quaternary nitrogens is 3. The van der Waals surface area contributed by atoms with Crippen LogP contribution < -0.4 is 50.4 Å². The summed E-state index contributed by atoms with van der Waals surface area (Å²) in [4.78, 5) is 40.8. The lowest BCUT2D eigenvalue weighted by atomic mass is 9.71. The van der Waals surface area contributed by atoms with Gasteiger partial charge in [0.2, 0.25) is 6.67 Å². The molecule has 13 unspecified atom stereocenters. The molecule has 46 heteroatoms. The molecule has 1 spiro atoms. The Hall–Kier alpha value is -4.82. The highest BCUT2D eigenvalue weighted by atomic mass is 35.5. The lowest BCUT2D eigenvalue weighted by molar-refractivity contribution is -1.09. The van der Waals surface area contributed by atoms with Crippen molar-refractivity contribution in [2.24, 2.45) is 23.5 Å². The monoisotopic (exact) mass is 1820 g/mol. The van der Waals surface area contributed by atoms with Gasteiger partial charge in [0.15, 0.2) is 48.8 Å². The Bertz CT molecular complexity index is 3980. The minimum absolute atomic E-state index is 0. The molecular weight excluding hydrogens is 1700 g/mol. The molecule has 4 saturated heterocycles. The number of rotatable bonds is 37. The van der Waals surface area contributed by atoms with E-state index in [0.717, 1.165) is 43.9 Å². The third-order valence-electron chi connectivity index (χ3n) is 22.9. The molecule has 0 aromatic heterocycles. The maximum absolute atomic E-state index is 13.9. The number of carbonyl (C=O) groups excluding carboxylic acids is 2. The number of nitrogens with zero attached hydrogens (tertiary/aromatic N) is 1. The van der Waals surface area contributed by atoms with Gasteiger partial charge in [0.25, 0.3) is 5.17 Å². The summed E-state index contributed by atoms with van der Waals surface area (Å²) < 4.78 is 162. The van der Waals surface area contributed by atoms with E-state index in [1.54, 1.807) is 44.2 Å². The van der Waals surface area contributed by atoms with E-state index in [4.69, 9.17) is 98.1 Å². The van der Waals surface area contributed by atoms with E-state index >= 15 is 0 Å². The van der Waals surface area contributed by atoms with Crippen LogP contribution in [0.1, 0.15) is 83.3 Å². The number of ketones is 1. The van der Waals surface area contributed by atoms with Crippen LogP contribution in [0.2, 0.25) is 0 Å². The lowest BCUT2D eigenvalue weighted by Gasteiger charge is -2.49. The van der Waals surface area contributed by atoms with E-state index in [9.17, 15) is 82.3 Å². The predicted octanol–water partition coefficient (Wildman–Crippen LogP) is -10.7. The molecular formula is C74H116Cl2N5O36S3+. The average molecular weight is 1820 g/mol. The first-order chi connectivity index (χ1) is 55.9. The predicted molar refractivity (Wildman–Crippen MR) is 408 cm³/mol. The van der Waals surface area contributed by atoms with Crippen LogP contribution in [0.25, 0.3) is 0 Å². The largest absolute Gasteiger partial charge is 1.00 e. The Morgan fingerprint density at radius 3 is 1.93 bits per heavy atom. The van der Waals surface area contributed by atoms with Crippen LogP contribution in [-0.4, -0.2) is 365 Å². The number of aromatic hydroxyl groups is 1. The summed E-state index contributed by atoms with van der Waals surface area (Å²) in [6.45, 7) is 20.0. The third kappa shape index (κ3) is 24.1. The normalized spacial score (nSPS) is 34.5. The summed E-state index contributed by atoms with van der Waals surface area (Å²) in [5.74, 6) is -4.46. The topological polar surface area (TPSA) is 566 Å². The molecule has 17 N–H and O–H groups in total. The number of thiocarbonyl (C=S) groups is 1. The minimum Gasteiger partial charge on any atom is -1.00 e. The van der Waals surface area contributed by atoms with Crippen molar-refractivity contribution in [3.8, 4) is 11.5 Å². The fourth-order valence-corrected chi connectivity index (χ4v) is 16.9. The van der Waals surface area contributed by atoms with Crippen molar-refractivity contribution in [3.05, 3.63) is 77.1 Å². The number of aliphatic carboxylic acids is 1. The molecule has 5 fully saturated rings. The van der Waals surface area contributed by atoms with E-state index in [-0.39, 0.29) is 98.0 Å². The molecule has 2 aromatic carbocycles. The number of aliphatic hydroxyl groups is 8. The number of hydrogen-bond donors (Lipinski definition) is 16. The summed E-state index contributed by atoms with van der Waals surface area (Å²) in [5.41, 5.74) is 5.90. The number of methoxy groups -OCH3 is 1. The molecule has 0 bridgehead atoms. The highest BCUT2D eigenvalue weighted by molar-refractivity contribution is 7.81. The fourth-order valence-electron chi connectivity index (χ4n) is 15.9. The van der Waals surface area contributed by atoms with Crippen LogP contribution in [-0.2, 0) is 111 Å². The number of nitrogens with one attached hydrogen (secondary N) is 3. The van der Waals surface area contributed by atoms with Crippen LogP contribution in [0.3, 0.4) is 0 Å². The minimum atomic E-state index is -5.29. The van der Waals surface area contributed by atoms with Gasteiger partial charge >= 0.3 is 32.7 Å². The molecule has 120 heavy (non-hydrogen) atoms. The molecule has 0 radical (unpaired) electrons. The summed E-state index contributed by atoms with van der Waals surface area (Å²) in [6.07, 6.45) is -28.8. The zero-order valence-corrected chi connectivity index (χ0v) is 71.9. The lowest BCUT2D eigenvalue weighted by Crippen LogP contribution is -3.14. The number of fused-ring (bicyclic) bond motifs is 6. The van der Waals surface area contributed by atoms with Gasteiger partial charge in [-0.1, -0.05) is 19.1 Å². The number of carboxylic acid groups (broad SMARTS) is 1. The van der Waals surface area contributed by atoms with Gasteiger partial charge in [-0.2, -0.15) is 16.8 Å². The van der Waals surface area contributed by atoms with Crippen molar-refractivity contribution >= 4 is 61.6 Å². The number of benzene rings is 2. The quantitative estimate of drug-likeness (QED) is 0.00982. The van der Waals surface area contributed by atoms with Crippen molar-refractivity contribution in [2.75, 3.05) is 125 Å². The highest BCUT2D eigenvalue weighted by Crippen LogP contribution is 2.57. The van der Waals surface area contributed by atoms with Gasteiger partial charge in [-0.25, -0.2) is 18.0 Å². The molecule has 684 valence electrons. The summed E-state index contributed by atoms with van der Waals surface area (Å²) in [7, 11) is -6.89. The summed E-state index contributed by atoms with van der Waals surface area (Å²) >= 11 is 5.75. The standard InChI is InChI=1S/C58H84N4O19S.C16H29NO17S2.2ClH/c1-9-60(7)20-22-73-52-46(67)32(6)44(28-63)78-56(52)80-50-33(24-43(47(68)48(50)69)77-51-45(29-64)79-55(72-8)53(49(51)70)74-23-21-62(12-4,13-5)31-61(10-2)11-3)30-75-57(82)59-34-14-17-38-37(25-34)54(71)81-58(38)39-18-15-35(65)26-41(39)76-42-27-36(66)16-19-40(42)58;1-3-28-11-9(19)12(34-36(25,26)27)16(33-13(11)14(20)21)32-10-6(5-30-35(22,23)24)31-15(29-4-2)7(17)8(10)18;;/h14-19,25-27,32-33,39,43-53,55-56,63-64,67-70H,9-13,20-24,28-31H2,1-8H3,(H-,59,66,82);6-13,15-16,18-19H,3-5,17H2,1-2H3,(H,20,21)(H,22,23,24)(H,25,26,27);2*1H/p+1/t32-,33?,39?,43-,44?,45?,46+,47?,48-,49+,50-,51-,52?,53?,55-,56+,58?;6?,7?,8-,9+,10-,11+,12?,13?,15-,16-;;/m11../s1. The number of anilines is 1. The molecule has 10 rings (SSSR count). The Kier molecular flexibility index (Phi) is 38.4. The molecule has 0 amide bonds. The van der Waals surface area contributed by atoms with Gasteiger partial charge in [-0.05, 0) is 97.4 Å². The van der Waals surface area contributed by atoms with Gasteiger partial charge < -0.3 is 163 Å². The van der Waals surface area contributed by atoms with Crippen LogP contribution in [0, 0.1) is 17.8 Å². The van der Waals surface area contributed by atoms with Crippen LogP contribution in [0.15, 0.2) is 60.4 Å². The van der Waals surface area contributed by atoms with E-state index in [2.05, 4.69) is 41.4 Å². The SMILES string of the molecule is CCO[C@@H]1OC(COS(=O)(=O)O)[C@@H](O[C@@H]2OC(C(=O)O)[C@@H](OCC)[C@H](O)C2OS(=O)(=O)O)[C@H](O)C1N.CC[NH+](C)CCOC1[C@H](O[C@@H]2C(COC(=S)Nc3ccc4c(c3)C(=O)OC43c4ccc(O)cc4OC4=CC(=O)C=CC43)C[C@@H](O[C@@H]3C(CO)O[C@@H](OC)C(OCC[N+](CC)(CC)C[NH+](CC)CC)[C@H]3O)C(O)[C@H]2O)OC(CO)[C@@H](C)[C@@H]1O.[Cl-].[Cl-]. The smallest absolute Gasteiger partial charge is 0.397 e. The molecule has 8 aliphatic rings. The van der Waals surface area contributed by atoms with E-state index in [1.165, 1.54) is 48.1 Å². The van der Waals surface area contributed by atoms with Crippen molar-refractivity contribution in [3.63, 3.8) is 0 Å². The Morgan fingerprint density at radius 1 is 0.692 bits per heavy atom. The number of esters is 1. The van der Waals surface area contributed by atoms with Crippen LogP contribution >= 0.6 is 12.2 Å². The number of ether oxygens (including phenoxy) is 15. The number of carboxylic acids is 1.